The summed E-state index contributed by atoms with van der Waals surface area (Å²) in [4.78, 5) is 0. The molecule has 2 N–H and O–H groups in total. The largest absolute Gasteiger partial charge is 0.468 e. The number of rotatable bonds is 4. The molecule has 0 atom stereocenters. The molecule has 0 unspecified atom stereocenters. The smallest absolute Gasteiger partial charge is 0.131 e. The van der Waals surface area contributed by atoms with Crippen molar-refractivity contribution in [3.8, 4) is 0 Å². The topological polar surface area (TPSA) is 64.9 Å². The molecule has 0 saturated carbocycles. The molecular weight excluding hydrogens is 230 g/mol. The number of anilines is 1. The first-order valence-corrected chi connectivity index (χ1v) is 6.37. The van der Waals surface area contributed by atoms with Gasteiger partial charge in [-0.15, -0.1) is 16.9 Å². The Morgan fingerprint density at radius 2 is 2.40 bits per heavy atom. The molecule has 2 rings (SSSR count). The lowest BCUT2D eigenvalue weighted by Crippen LogP contribution is -1.89. The van der Waals surface area contributed by atoms with E-state index < -0.39 is 0 Å². The first-order valence-electron chi connectivity index (χ1n) is 4.45. The second-order valence-electron chi connectivity index (χ2n) is 3.10. The molecule has 0 fully saturated rings. The lowest BCUT2D eigenvalue weighted by atomic mass is 10.3. The van der Waals surface area contributed by atoms with Crippen molar-refractivity contribution in [2.75, 3.05) is 5.73 Å². The molecule has 6 heteroatoms. The zero-order valence-corrected chi connectivity index (χ0v) is 9.90. The molecule has 80 valence electrons. The van der Waals surface area contributed by atoms with Crippen LogP contribution in [0.3, 0.4) is 0 Å². The van der Waals surface area contributed by atoms with E-state index in [9.17, 15) is 0 Å². The van der Waals surface area contributed by atoms with Gasteiger partial charge in [-0.25, -0.2) is 0 Å². The van der Waals surface area contributed by atoms with Crippen LogP contribution in [0.2, 0.25) is 0 Å². The van der Waals surface area contributed by atoms with E-state index in [0.29, 0.717) is 5.00 Å². The quantitative estimate of drug-likeness (QED) is 0.890. The molecule has 0 aliphatic rings. The molecular formula is C9H11N3OS2. The third kappa shape index (κ3) is 2.51. The molecule has 0 saturated heterocycles. The maximum atomic E-state index is 5.69. The number of hydrogen-bond acceptors (Lipinski definition) is 6. The lowest BCUT2D eigenvalue weighted by Gasteiger charge is -1.98. The Labute approximate surface area is 96.0 Å². The van der Waals surface area contributed by atoms with Gasteiger partial charge in [0.25, 0.3) is 0 Å². The van der Waals surface area contributed by atoms with Crippen LogP contribution in [0, 0.1) is 6.92 Å². The van der Waals surface area contributed by atoms with Crippen molar-refractivity contribution in [3.63, 3.8) is 0 Å². The predicted molar refractivity (Wildman–Crippen MR) is 62.8 cm³/mol. The monoisotopic (exact) mass is 241 g/mol. The Morgan fingerprint density at radius 1 is 1.53 bits per heavy atom. The van der Waals surface area contributed by atoms with E-state index in [1.165, 1.54) is 17.1 Å². The van der Waals surface area contributed by atoms with E-state index >= 15 is 0 Å². The van der Waals surface area contributed by atoms with E-state index in [0.717, 1.165) is 23.0 Å². The second-order valence-corrected chi connectivity index (χ2v) is 4.87. The van der Waals surface area contributed by atoms with Gasteiger partial charge in [0.15, 0.2) is 0 Å². The highest BCUT2D eigenvalue weighted by Crippen LogP contribution is 2.23. The average molecular weight is 241 g/mol. The molecule has 2 aromatic heterocycles. The zero-order chi connectivity index (χ0) is 10.7. The fourth-order valence-electron chi connectivity index (χ4n) is 1.11. The molecule has 0 aliphatic heterocycles. The Morgan fingerprint density at radius 3 is 3.00 bits per heavy atom. The van der Waals surface area contributed by atoms with Gasteiger partial charge < -0.3 is 10.2 Å². The molecule has 4 nitrogen and oxygen atoms in total. The van der Waals surface area contributed by atoms with E-state index in [2.05, 4.69) is 9.59 Å². The first-order chi connectivity index (χ1) is 7.27. The van der Waals surface area contributed by atoms with Gasteiger partial charge in [-0.3, -0.25) is 0 Å². The summed E-state index contributed by atoms with van der Waals surface area (Å²) in [6, 6.07) is 1.97. The summed E-state index contributed by atoms with van der Waals surface area (Å²) in [5.74, 6) is 2.64. The zero-order valence-electron chi connectivity index (χ0n) is 8.27. The molecule has 0 aromatic carbocycles. The maximum Gasteiger partial charge on any atom is 0.131 e. The van der Waals surface area contributed by atoms with Crippen molar-refractivity contribution in [3.05, 3.63) is 29.3 Å². The number of furan rings is 1. The fraction of sp³-hybridized carbons (Fsp3) is 0.333. The Kier molecular flexibility index (Phi) is 3.27. The molecule has 0 radical (unpaired) electrons. The van der Waals surface area contributed by atoms with Crippen LogP contribution in [0.5, 0.6) is 0 Å². The second kappa shape index (κ2) is 4.67. The molecule has 0 spiro atoms. The number of nitrogens with two attached hydrogens (primary N) is 1. The highest BCUT2D eigenvalue weighted by atomic mass is 32.2. The van der Waals surface area contributed by atoms with Gasteiger partial charge in [-0.1, -0.05) is 4.49 Å². The van der Waals surface area contributed by atoms with Crippen LogP contribution in [-0.2, 0) is 11.5 Å². The Hall–Kier alpha value is -1.01. The number of aryl methyl sites for hydroxylation is 1. The minimum atomic E-state index is 0.707. The summed E-state index contributed by atoms with van der Waals surface area (Å²) in [6.45, 7) is 2.04. The Bertz CT molecular complexity index is 398. The minimum Gasteiger partial charge on any atom is -0.468 e. The van der Waals surface area contributed by atoms with Crippen LogP contribution in [0.15, 0.2) is 16.7 Å². The minimum absolute atomic E-state index is 0.707. The normalized spacial score (nSPS) is 10.7. The van der Waals surface area contributed by atoms with E-state index in [4.69, 9.17) is 10.2 Å². The highest BCUT2D eigenvalue weighted by molar-refractivity contribution is 7.97. The summed E-state index contributed by atoms with van der Waals surface area (Å²) < 4.78 is 9.11. The van der Waals surface area contributed by atoms with Crippen molar-refractivity contribution in [1.29, 1.82) is 0 Å². The van der Waals surface area contributed by atoms with Gasteiger partial charge in [0.2, 0.25) is 0 Å². The van der Waals surface area contributed by atoms with Crippen molar-refractivity contribution in [2.45, 2.75) is 18.4 Å². The van der Waals surface area contributed by atoms with Crippen molar-refractivity contribution >= 4 is 28.3 Å². The standard InChI is InChI=1S/C9H11N3OS2/c1-6-2-3-13-8(6)5-14-4-7-9(10)15-12-11-7/h2-3H,4-5,10H2,1H3. The van der Waals surface area contributed by atoms with Crippen LogP contribution >= 0.6 is 23.3 Å². The summed E-state index contributed by atoms with van der Waals surface area (Å²) in [5.41, 5.74) is 7.74. The van der Waals surface area contributed by atoms with Gasteiger partial charge in [-0.05, 0) is 18.6 Å². The summed E-state index contributed by atoms with van der Waals surface area (Å²) in [6.07, 6.45) is 1.71. The summed E-state index contributed by atoms with van der Waals surface area (Å²) in [5, 5.41) is 4.66. The van der Waals surface area contributed by atoms with Gasteiger partial charge in [0.1, 0.15) is 16.5 Å². The molecule has 2 heterocycles. The van der Waals surface area contributed by atoms with Gasteiger partial charge in [0.05, 0.1) is 12.0 Å². The van der Waals surface area contributed by atoms with Gasteiger partial charge in [0, 0.05) is 17.3 Å². The van der Waals surface area contributed by atoms with Crippen LogP contribution in [0.4, 0.5) is 5.00 Å². The van der Waals surface area contributed by atoms with Crippen molar-refractivity contribution in [1.82, 2.24) is 9.59 Å². The third-order valence-corrected chi connectivity index (χ3v) is 3.56. The highest BCUT2D eigenvalue weighted by Gasteiger charge is 2.06. The lowest BCUT2D eigenvalue weighted by molar-refractivity contribution is 0.528. The maximum absolute atomic E-state index is 5.69. The number of hydrogen-bond donors (Lipinski definition) is 1. The van der Waals surface area contributed by atoms with Crippen LogP contribution < -0.4 is 5.73 Å². The molecule has 0 amide bonds. The van der Waals surface area contributed by atoms with Crippen molar-refractivity contribution in [2.24, 2.45) is 0 Å². The molecule has 2 aromatic rings. The summed E-state index contributed by atoms with van der Waals surface area (Å²) in [7, 11) is 0. The molecule has 0 bridgehead atoms. The van der Waals surface area contributed by atoms with Gasteiger partial charge in [-0.2, -0.15) is 0 Å². The third-order valence-electron chi connectivity index (χ3n) is 2.03. The molecule has 0 aliphatic carbocycles. The molecule has 15 heavy (non-hydrogen) atoms. The van der Waals surface area contributed by atoms with Crippen LogP contribution in [-0.4, -0.2) is 9.59 Å². The Balaban J connectivity index is 1.86. The van der Waals surface area contributed by atoms with Gasteiger partial charge >= 0.3 is 0 Å². The number of thioether (sulfide) groups is 1. The fourth-order valence-corrected chi connectivity index (χ4v) is 2.63. The number of nitrogens with zero attached hydrogens (tertiary/aromatic N) is 2. The van der Waals surface area contributed by atoms with Crippen molar-refractivity contribution < 1.29 is 4.42 Å². The van der Waals surface area contributed by atoms with Crippen LogP contribution in [0.1, 0.15) is 17.0 Å². The number of nitrogen functional groups attached to an aromatic ring is 1. The predicted octanol–water partition coefficient (Wildman–Crippen LogP) is 2.46. The van der Waals surface area contributed by atoms with E-state index in [1.807, 2.05) is 13.0 Å². The average Bonchev–Trinajstić information content (AvgIpc) is 2.78. The van der Waals surface area contributed by atoms with Crippen LogP contribution in [0.25, 0.3) is 0 Å². The summed E-state index contributed by atoms with van der Waals surface area (Å²) >= 11 is 2.96. The van der Waals surface area contributed by atoms with E-state index in [1.54, 1.807) is 18.0 Å². The first kappa shape index (κ1) is 10.5. The SMILES string of the molecule is Cc1ccoc1CSCc1nnsc1N. The van der Waals surface area contributed by atoms with E-state index in [-0.39, 0.29) is 0 Å². The number of aromatic nitrogens is 2.